The Balaban J connectivity index is 2.49. The number of amides is 1. The van der Waals surface area contributed by atoms with Gasteiger partial charge in [-0.25, -0.2) is 4.98 Å². The van der Waals surface area contributed by atoms with Crippen LogP contribution < -0.4 is 5.73 Å². The highest BCUT2D eigenvalue weighted by atomic mass is 19.4. The molecule has 2 rings (SSSR count). The molecule has 0 unspecified atom stereocenters. The number of imidazole rings is 1. The molecule has 0 fully saturated rings. The van der Waals surface area contributed by atoms with E-state index in [0.29, 0.717) is 0 Å². The fourth-order valence-corrected chi connectivity index (χ4v) is 2.26. The Hall–Kier alpha value is -2.64. The van der Waals surface area contributed by atoms with Gasteiger partial charge in [0.25, 0.3) is 5.91 Å². The van der Waals surface area contributed by atoms with E-state index >= 15 is 0 Å². The average molecular weight is 325 g/mol. The lowest BCUT2D eigenvalue weighted by molar-refractivity contribution is -0.138. The van der Waals surface area contributed by atoms with Crippen LogP contribution in [0.2, 0.25) is 0 Å². The number of primary amides is 1. The number of aromatic nitrogens is 2. The van der Waals surface area contributed by atoms with Gasteiger partial charge >= 0.3 is 6.18 Å². The summed E-state index contributed by atoms with van der Waals surface area (Å²) < 4.78 is 41.5. The Bertz CT molecular complexity index is 751. The largest absolute Gasteiger partial charge is 0.417 e. The van der Waals surface area contributed by atoms with Gasteiger partial charge in [-0.2, -0.15) is 13.2 Å². The van der Waals surface area contributed by atoms with Gasteiger partial charge in [0.15, 0.2) is 5.78 Å². The van der Waals surface area contributed by atoms with Crippen LogP contribution in [0.5, 0.6) is 0 Å². The molecule has 1 aromatic heterocycles. The molecule has 2 N–H and O–H groups in total. The second-order valence-electron chi connectivity index (χ2n) is 4.91. The summed E-state index contributed by atoms with van der Waals surface area (Å²) in [5.41, 5.74) is 3.63. The topological polar surface area (TPSA) is 78.0 Å². The fraction of sp³-hybridized carbons (Fsp3) is 0.267. The van der Waals surface area contributed by atoms with Gasteiger partial charge in [0.05, 0.1) is 11.9 Å². The van der Waals surface area contributed by atoms with Gasteiger partial charge in [-0.1, -0.05) is 25.1 Å². The van der Waals surface area contributed by atoms with E-state index in [1.807, 2.05) is 0 Å². The zero-order valence-electron chi connectivity index (χ0n) is 12.2. The Morgan fingerprint density at radius 2 is 2.00 bits per heavy atom. The first-order valence-electron chi connectivity index (χ1n) is 6.78. The van der Waals surface area contributed by atoms with Gasteiger partial charge in [-0.3, -0.25) is 9.59 Å². The molecule has 0 spiro atoms. The predicted molar refractivity (Wildman–Crippen MR) is 75.9 cm³/mol. The van der Waals surface area contributed by atoms with Gasteiger partial charge in [-0.15, -0.1) is 0 Å². The first-order chi connectivity index (χ1) is 10.7. The molecule has 0 saturated heterocycles. The van der Waals surface area contributed by atoms with Crippen molar-refractivity contribution in [3.05, 3.63) is 53.1 Å². The number of carbonyl (C=O) groups excluding carboxylic acids is 2. The Kier molecular flexibility index (Phi) is 4.53. The molecule has 0 aliphatic rings. The molecule has 8 heteroatoms. The molecule has 0 atom stereocenters. The van der Waals surface area contributed by atoms with E-state index in [1.165, 1.54) is 42.2 Å². The number of nitrogens with zero attached hydrogens (tertiary/aromatic N) is 2. The second kappa shape index (κ2) is 6.23. The van der Waals surface area contributed by atoms with E-state index in [4.69, 9.17) is 5.73 Å². The minimum atomic E-state index is -4.66. The predicted octanol–water partition coefficient (Wildman–Crippen LogP) is 2.64. The minimum absolute atomic E-state index is 0.0244. The maximum Gasteiger partial charge on any atom is 0.417 e. The molecule has 1 heterocycles. The van der Waals surface area contributed by atoms with E-state index in [1.54, 1.807) is 0 Å². The summed E-state index contributed by atoms with van der Waals surface area (Å²) in [5.74, 6) is -1.35. The summed E-state index contributed by atoms with van der Waals surface area (Å²) in [6.45, 7) is 1.32. The van der Waals surface area contributed by atoms with Crippen LogP contribution in [0.15, 0.2) is 30.7 Å². The number of carbonyl (C=O) groups is 2. The molecule has 0 aliphatic carbocycles. The van der Waals surface area contributed by atoms with Crippen molar-refractivity contribution in [2.24, 2.45) is 5.73 Å². The van der Waals surface area contributed by atoms with Gasteiger partial charge < -0.3 is 10.3 Å². The first kappa shape index (κ1) is 16.7. The highest BCUT2D eigenvalue weighted by Crippen LogP contribution is 2.35. The lowest BCUT2D eigenvalue weighted by Gasteiger charge is -2.17. The molecular formula is C15H14F3N3O2. The van der Waals surface area contributed by atoms with Crippen LogP contribution in [0.4, 0.5) is 13.2 Å². The number of Topliss-reactive ketones (excluding diaryl/α,β-unsaturated/α-hetero) is 1. The van der Waals surface area contributed by atoms with Gasteiger partial charge in [0, 0.05) is 24.7 Å². The van der Waals surface area contributed by atoms with Gasteiger partial charge in [-0.05, 0) is 5.56 Å². The summed E-state index contributed by atoms with van der Waals surface area (Å²) in [7, 11) is 0. The smallest absolute Gasteiger partial charge is 0.364 e. The monoisotopic (exact) mass is 325 g/mol. The number of hydrogen-bond donors (Lipinski definition) is 1. The normalized spacial score (nSPS) is 11.5. The van der Waals surface area contributed by atoms with E-state index < -0.39 is 23.4 Å². The third kappa shape index (κ3) is 3.58. The summed E-state index contributed by atoms with van der Waals surface area (Å²) >= 11 is 0. The van der Waals surface area contributed by atoms with E-state index in [2.05, 4.69) is 4.98 Å². The number of alkyl halides is 3. The van der Waals surface area contributed by atoms with Crippen molar-refractivity contribution in [1.82, 2.24) is 9.55 Å². The second-order valence-corrected chi connectivity index (χ2v) is 4.91. The third-order valence-corrected chi connectivity index (χ3v) is 3.29. The zero-order valence-corrected chi connectivity index (χ0v) is 12.2. The Labute approximate surface area is 129 Å². The molecule has 1 aromatic carbocycles. The molecule has 0 saturated carbocycles. The average Bonchev–Trinajstić information content (AvgIpc) is 2.93. The van der Waals surface area contributed by atoms with Crippen LogP contribution in [0.25, 0.3) is 0 Å². The SMILES string of the molecule is CCC(=O)c1cccc(Cn2cnc(C(N)=O)c2)c1C(F)(F)F. The van der Waals surface area contributed by atoms with Gasteiger partial charge in [0.1, 0.15) is 5.69 Å². The summed E-state index contributed by atoms with van der Waals surface area (Å²) in [4.78, 5) is 26.5. The molecule has 0 aliphatic heterocycles. The highest BCUT2D eigenvalue weighted by molar-refractivity contribution is 5.97. The number of halogens is 3. The first-order valence-corrected chi connectivity index (χ1v) is 6.78. The zero-order chi connectivity index (χ0) is 17.2. The van der Waals surface area contributed by atoms with Crippen molar-refractivity contribution in [2.75, 3.05) is 0 Å². The van der Waals surface area contributed by atoms with E-state index in [9.17, 15) is 22.8 Å². The summed E-state index contributed by atoms with van der Waals surface area (Å²) in [6, 6.07) is 3.86. The summed E-state index contributed by atoms with van der Waals surface area (Å²) in [5, 5.41) is 0. The summed E-state index contributed by atoms with van der Waals surface area (Å²) in [6.07, 6.45) is -2.21. The van der Waals surface area contributed by atoms with Crippen molar-refractivity contribution in [2.45, 2.75) is 26.1 Å². The highest BCUT2D eigenvalue weighted by Gasteiger charge is 2.37. The molecule has 2 aromatic rings. The van der Waals surface area contributed by atoms with Crippen molar-refractivity contribution in [3.63, 3.8) is 0 Å². The standard InChI is InChI=1S/C15H14F3N3O2/c1-2-12(22)10-5-3-4-9(13(10)15(16,17)18)6-21-7-11(14(19)23)20-8-21/h3-5,7-8H,2,6H2,1H3,(H2,19,23). The number of rotatable bonds is 5. The molecule has 1 amide bonds. The number of nitrogens with two attached hydrogens (primary N) is 1. The van der Waals surface area contributed by atoms with Crippen molar-refractivity contribution in [1.29, 1.82) is 0 Å². The maximum atomic E-state index is 13.4. The molecule has 5 nitrogen and oxygen atoms in total. The fourth-order valence-electron chi connectivity index (χ4n) is 2.26. The lowest BCUT2D eigenvalue weighted by Crippen LogP contribution is -2.17. The van der Waals surface area contributed by atoms with Crippen LogP contribution >= 0.6 is 0 Å². The molecule has 122 valence electrons. The molecule has 0 bridgehead atoms. The third-order valence-electron chi connectivity index (χ3n) is 3.29. The van der Waals surface area contributed by atoms with Crippen molar-refractivity contribution < 1.29 is 22.8 Å². The number of ketones is 1. The van der Waals surface area contributed by atoms with E-state index in [0.717, 1.165) is 0 Å². The minimum Gasteiger partial charge on any atom is -0.364 e. The van der Waals surface area contributed by atoms with Crippen molar-refractivity contribution >= 4 is 11.7 Å². The maximum absolute atomic E-state index is 13.4. The Morgan fingerprint density at radius 1 is 1.30 bits per heavy atom. The quantitative estimate of drug-likeness (QED) is 0.859. The van der Waals surface area contributed by atoms with E-state index in [-0.39, 0.29) is 29.8 Å². The molecule has 0 radical (unpaired) electrons. The Morgan fingerprint density at radius 3 is 2.52 bits per heavy atom. The van der Waals surface area contributed by atoms with Gasteiger partial charge in [0.2, 0.25) is 0 Å². The number of hydrogen-bond acceptors (Lipinski definition) is 3. The van der Waals surface area contributed by atoms with Crippen LogP contribution in [0, 0.1) is 0 Å². The molecule has 23 heavy (non-hydrogen) atoms. The van der Waals surface area contributed by atoms with Crippen LogP contribution in [0.3, 0.4) is 0 Å². The molecular weight excluding hydrogens is 311 g/mol. The lowest BCUT2D eigenvalue weighted by atomic mass is 9.96. The van der Waals surface area contributed by atoms with Crippen LogP contribution in [0.1, 0.15) is 45.3 Å². The number of benzene rings is 1. The van der Waals surface area contributed by atoms with Crippen molar-refractivity contribution in [3.8, 4) is 0 Å². The van der Waals surface area contributed by atoms with Crippen LogP contribution in [-0.2, 0) is 12.7 Å². The van der Waals surface area contributed by atoms with Crippen LogP contribution in [-0.4, -0.2) is 21.2 Å².